The van der Waals surface area contributed by atoms with E-state index < -0.39 is 5.54 Å². The Balaban J connectivity index is 1.83. The summed E-state index contributed by atoms with van der Waals surface area (Å²) in [4.78, 5) is 11.7. The molecule has 4 heteroatoms. The summed E-state index contributed by atoms with van der Waals surface area (Å²) in [7, 11) is 1.40. The van der Waals surface area contributed by atoms with Gasteiger partial charge in [0.1, 0.15) is 5.54 Å². The van der Waals surface area contributed by atoms with Crippen LogP contribution in [0.5, 0.6) is 0 Å². The summed E-state index contributed by atoms with van der Waals surface area (Å²) in [6, 6.07) is 0. The Morgan fingerprint density at radius 1 is 1.32 bits per heavy atom. The lowest BCUT2D eigenvalue weighted by Crippen LogP contribution is -2.47. The third-order valence-electron chi connectivity index (χ3n) is 4.79. The van der Waals surface area contributed by atoms with Crippen molar-refractivity contribution in [3.05, 3.63) is 0 Å². The first kappa shape index (κ1) is 14.8. The van der Waals surface area contributed by atoms with Gasteiger partial charge in [0.05, 0.1) is 19.3 Å². The first-order valence-electron chi connectivity index (χ1n) is 7.60. The van der Waals surface area contributed by atoms with E-state index in [9.17, 15) is 4.79 Å². The molecule has 4 nitrogen and oxygen atoms in total. The molecule has 2 N–H and O–H groups in total. The van der Waals surface area contributed by atoms with E-state index in [1.807, 2.05) is 0 Å². The van der Waals surface area contributed by atoms with Crippen molar-refractivity contribution in [3.8, 4) is 0 Å². The lowest BCUT2D eigenvalue weighted by molar-refractivity contribution is -0.147. The second-order valence-corrected chi connectivity index (χ2v) is 6.21. The van der Waals surface area contributed by atoms with Crippen molar-refractivity contribution < 1.29 is 14.3 Å². The molecule has 0 saturated heterocycles. The second-order valence-electron chi connectivity index (χ2n) is 6.21. The number of hydrogen-bond donors (Lipinski definition) is 1. The summed E-state index contributed by atoms with van der Waals surface area (Å²) in [5, 5.41) is 0. The normalized spacial score (nSPS) is 39.2. The molecule has 0 spiro atoms. The zero-order valence-corrected chi connectivity index (χ0v) is 12.2. The fourth-order valence-corrected chi connectivity index (χ4v) is 3.54. The van der Waals surface area contributed by atoms with Crippen molar-refractivity contribution in [1.82, 2.24) is 0 Å². The summed E-state index contributed by atoms with van der Waals surface area (Å²) < 4.78 is 11.0. The first-order chi connectivity index (χ1) is 9.07. The lowest BCUT2D eigenvalue weighted by atomic mass is 9.85. The molecule has 2 aliphatic carbocycles. The zero-order chi connectivity index (χ0) is 13.9. The molecule has 2 saturated carbocycles. The van der Waals surface area contributed by atoms with Crippen LogP contribution in [0.3, 0.4) is 0 Å². The van der Waals surface area contributed by atoms with E-state index >= 15 is 0 Å². The summed E-state index contributed by atoms with van der Waals surface area (Å²) in [6.07, 6.45) is 8.82. The minimum absolute atomic E-state index is 0.129. The van der Waals surface area contributed by atoms with Gasteiger partial charge in [0.25, 0.3) is 0 Å². The lowest BCUT2D eigenvalue weighted by Gasteiger charge is -2.31. The Labute approximate surface area is 116 Å². The molecule has 110 valence electrons. The molecule has 0 heterocycles. The third kappa shape index (κ3) is 3.48. The number of hydrogen-bond acceptors (Lipinski definition) is 4. The molecule has 2 fully saturated rings. The fraction of sp³-hybridized carbons (Fsp3) is 0.933. The Kier molecular flexibility index (Phi) is 4.85. The number of carbonyl (C=O) groups excluding carboxylic acids is 1. The predicted octanol–water partition coefficient (Wildman–Crippen LogP) is 2.39. The van der Waals surface area contributed by atoms with Gasteiger partial charge in [-0.05, 0) is 31.6 Å². The molecule has 0 aromatic rings. The van der Waals surface area contributed by atoms with Crippen LogP contribution in [-0.4, -0.2) is 30.8 Å². The summed E-state index contributed by atoms with van der Waals surface area (Å²) in [5.41, 5.74) is 5.29. The molecule has 0 amide bonds. The summed E-state index contributed by atoms with van der Waals surface area (Å²) >= 11 is 0. The highest BCUT2D eigenvalue weighted by atomic mass is 16.5. The molecule has 0 aromatic carbocycles. The quantitative estimate of drug-likeness (QED) is 0.796. The van der Waals surface area contributed by atoms with Crippen molar-refractivity contribution in [2.75, 3.05) is 7.11 Å². The van der Waals surface area contributed by atoms with Gasteiger partial charge in [0.15, 0.2) is 0 Å². The predicted molar refractivity (Wildman–Crippen MR) is 73.7 cm³/mol. The van der Waals surface area contributed by atoms with Crippen LogP contribution in [0.25, 0.3) is 0 Å². The van der Waals surface area contributed by atoms with E-state index in [-0.39, 0.29) is 12.1 Å². The van der Waals surface area contributed by atoms with Gasteiger partial charge in [-0.1, -0.05) is 26.2 Å². The van der Waals surface area contributed by atoms with Gasteiger partial charge in [-0.25, -0.2) is 0 Å². The van der Waals surface area contributed by atoms with Crippen molar-refractivity contribution in [3.63, 3.8) is 0 Å². The van der Waals surface area contributed by atoms with Crippen molar-refractivity contribution in [2.24, 2.45) is 11.7 Å². The summed E-state index contributed by atoms with van der Waals surface area (Å²) in [5.74, 6) is 0.511. The third-order valence-corrected chi connectivity index (χ3v) is 4.79. The van der Waals surface area contributed by atoms with Gasteiger partial charge in [0, 0.05) is 6.42 Å². The Morgan fingerprint density at radius 3 is 2.79 bits per heavy atom. The average Bonchev–Trinajstić information content (AvgIpc) is 2.80. The highest BCUT2D eigenvalue weighted by Crippen LogP contribution is 2.35. The highest BCUT2D eigenvalue weighted by Gasteiger charge is 2.44. The molecule has 0 bridgehead atoms. The van der Waals surface area contributed by atoms with Crippen molar-refractivity contribution >= 4 is 5.97 Å². The molecule has 2 rings (SSSR count). The number of carbonyl (C=O) groups is 1. The van der Waals surface area contributed by atoms with Gasteiger partial charge < -0.3 is 15.2 Å². The van der Waals surface area contributed by atoms with Gasteiger partial charge in [-0.15, -0.1) is 0 Å². The second kappa shape index (κ2) is 6.23. The molecule has 19 heavy (non-hydrogen) atoms. The molecule has 4 unspecified atom stereocenters. The maximum atomic E-state index is 11.7. The van der Waals surface area contributed by atoms with Crippen LogP contribution in [0.2, 0.25) is 0 Å². The number of ether oxygens (including phenoxy) is 2. The molecule has 4 atom stereocenters. The Morgan fingerprint density at radius 2 is 2.11 bits per heavy atom. The molecule has 0 aliphatic heterocycles. The average molecular weight is 269 g/mol. The van der Waals surface area contributed by atoms with E-state index in [0.717, 1.165) is 18.8 Å². The van der Waals surface area contributed by atoms with Crippen molar-refractivity contribution in [1.29, 1.82) is 0 Å². The molecule has 0 radical (unpaired) electrons. The van der Waals surface area contributed by atoms with Crippen LogP contribution in [-0.2, 0) is 14.3 Å². The van der Waals surface area contributed by atoms with Gasteiger partial charge in [-0.2, -0.15) is 0 Å². The van der Waals surface area contributed by atoms with Crippen LogP contribution in [0.4, 0.5) is 0 Å². The zero-order valence-electron chi connectivity index (χ0n) is 12.2. The number of methoxy groups -OCH3 is 1. The van der Waals surface area contributed by atoms with Crippen LogP contribution < -0.4 is 5.73 Å². The molecule has 2 aliphatic rings. The van der Waals surface area contributed by atoms with Gasteiger partial charge in [-0.3, -0.25) is 4.79 Å². The van der Waals surface area contributed by atoms with E-state index in [1.54, 1.807) is 0 Å². The summed E-state index contributed by atoms with van der Waals surface area (Å²) in [6.45, 7) is 2.25. The highest BCUT2D eigenvalue weighted by molar-refractivity contribution is 5.80. The monoisotopic (exact) mass is 269 g/mol. The van der Waals surface area contributed by atoms with Gasteiger partial charge in [0.2, 0.25) is 0 Å². The van der Waals surface area contributed by atoms with E-state index in [1.165, 1.54) is 32.8 Å². The van der Waals surface area contributed by atoms with E-state index in [0.29, 0.717) is 18.9 Å². The maximum absolute atomic E-state index is 11.7. The smallest absolute Gasteiger partial charge is 0.325 e. The van der Waals surface area contributed by atoms with Crippen molar-refractivity contribution in [2.45, 2.75) is 76.0 Å². The standard InChI is InChI=1S/C15H27NO3/c1-3-11-5-4-6-12(9-11)19-13-7-8-15(16,10-13)14(17)18-2/h11-13H,3-10,16H2,1-2H3. The van der Waals surface area contributed by atoms with Crippen LogP contribution in [0, 0.1) is 5.92 Å². The van der Waals surface area contributed by atoms with Crippen LogP contribution in [0.15, 0.2) is 0 Å². The fourth-order valence-electron chi connectivity index (χ4n) is 3.54. The molecular weight excluding hydrogens is 242 g/mol. The number of nitrogens with two attached hydrogens (primary N) is 1. The molecule has 0 aromatic heterocycles. The minimum Gasteiger partial charge on any atom is -0.468 e. The number of esters is 1. The maximum Gasteiger partial charge on any atom is 0.325 e. The Bertz CT molecular complexity index is 321. The van der Waals surface area contributed by atoms with Gasteiger partial charge >= 0.3 is 5.97 Å². The van der Waals surface area contributed by atoms with E-state index in [4.69, 9.17) is 15.2 Å². The first-order valence-corrected chi connectivity index (χ1v) is 7.60. The van der Waals surface area contributed by atoms with E-state index in [2.05, 4.69) is 6.92 Å². The number of rotatable bonds is 4. The van der Waals surface area contributed by atoms with Crippen LogP contribution >= 0.6 is 0 Å². The largest absolute Gasteiger partial charge is 0.468 e. The minimum atomic E-state index is -0.821. The molecular formula is C15H27NO3. The SMILES string of the molecule is CCC1CCCC(OC2CCC(N)(C(=O)OC)C2)C1. The van der Waals surface area contributed by atoms with Crippen LogP contribution in [0.1, 0.15) is 58.3 Å². The Hall–Kier alpha value is -0.610. The topological polar surface area (TPSA) is 61.5 Å².